The summed E-state index contributed by atoms with van der Waals surface area (Å²) in [4.78, 5) is 11.6. The Morgan fingerprint density at radius 2 is 1.95 bits per heavy atom. The molecule has 114 valence electrons. The molecule has 0 bridgehead atoms. The molecule has 20 heavy (non-hydrogen) atoms. The van der Waals surface area contributed by atoms with Gasteiger partial charge in [-0.3, -0.25) is 4.79 Å². The maximum Gasteiger partial charge on any atom is 0.324 e. The van der Waals surface area contributed by atoms with E-state index in [0.717, 1.165) is 11.3 Å². The van der Waals surface area contributed by atoms with E-state index in [0.29, 0.717) is 0 Å². The molecule has 1 heterocycles. The van der Waals surface area contributed by atoms with Crippen molar-refractivity contribution in [2.75, 3.05) is 0 Å². The molecule has 1 N–H and O–H groups in total. The number of carbonyl (C=O) groups is 1. The van der Waals surface area contributed by atoms with Crippen LogP contribution < -0.4 is 4.72 Å². The van der Waals surface area contributed by atoms with E-state index in [1.807, 2.05) is 0 Å². The van der Waals surface area contributed by atoms with Crippen LogP contribution in [0.25, 0.3) is 0 Å². The molecule has 0 unspecified atom stereocenters. The summed E-state index contributed by atoms with van der Waals surface area (Å²) in [6.07, 6.45) is 0. The number of carbonyl (C=O) groups excluding carboxylic acids is 1. The molecular formula is C11H15Cl2NO4S2. The monoisotopic (exact) mass is 359 g/mol. The highest BCUT2D eigenvalue weighted by Gasteiger charge is 2.28. The third kappa shape index (κ3) is 4.89. The molecule has 0 saturated heterocycles. The zero-order valence-corrected chi connectivity index (χ0v) is 14.5. The molecule has 0 aliphatic heterocycles. The minimum Gasteiger partial charge on any atom is -0.459 e. The summed E-state index contributed by atoms with van der Waals surface area (Å²) < 4.78 is 31.8. The number of esters is 1. The van der Waals surface area contributed by atoms with Crippen molar-refractivity contribution in [3.63, 3.8) is 0 Å². The van der Waals surface area contributed by atoms with E-state index in [1.165, 1.54) is 13.0 Å². The Kier molecular flexibility index (Phi) is 5.48. The molecule has 1 atom stereocenters. The molecule has 0 saturated carbocycles. The van der Waals surface area contributed by atoms with Gasteiger partial charge in [-0.25, -0.2) is 8.42 Å². The van der Waals surface area contributed by atoms with Crippen molar-refractivity contribution in [1.29, 1.82) is 0 Å². The first-order valence-electron chi connectivity index (χ1n) is 5.62. The predicted octanol–water partition coefficient (Wildman–Crippen LogP) is 3.06. The van der Waals surface area contributed by atoms with Gasteiger partial charge in [-0.05, 0) is 33.8 Å². The number of halogens is 2. The van der Waals surface area contributed by atoms with Gasteiger partial charge in [0, 0.05) is 0 Å². The van der Waals surface area contributed by atoms with Gasteiger partial charge in [0.1, 0.15) is 20.9 Å². The molecule has 0 aliphatic rings. The minimum atomic E-state index is -3.93. The van der Waals surface area contributed by atoms with Crippen LogP contribution in [-0.2, 0) is 19.6 Å². The molecule has 0 fully saturated rings. The fourth-order valence-electron chi connectivity index (χ4n) is 1.24. The summed E-state index contributed by atoms with van der Waals surface area (Å²) in [5.41, 5.74) is -0.694. The number of nitrogens with one attached hydrogen (secondary N) is 1. The van der Waals surface area contributed by atoms with Crippen molar-refractivity contribution in [3.05, 3.63) is 14.7 Å². The topological polar surface area (TPSA) is 72.5 Å². The Bertz CT molecular complexity index is 604. The number of ether oxygens (including phenoxy) is 1. The van der Waals surface area contributed by atoms with Crippen LogP contribution in [0.15, 0.2) is 11.0 Å². The van der Waals surface area contributed by atoms with Gasteiger partial charge in [0.25, 0.3) is 0 Å². The molecule has 9 heteroatoms. The van der Waals surface area contributed by atoms with Crippen LogP contribution in [0, 0.1) is 0 Å². The normalized spacial score (nSPS) is 14.1. The summed E-state index contributed by atoms with van der Waals surface area (Å²) in [5, 5.41) is 0. The van der Waals surface area contributed by atoms with Crippen molar-refractivity contribution in [2.24, 2.45) is 0 Å². The second kappa shape index (κ2) is 6.19. The number of thiophene rings is 1. The lowest BCUT2D eigenvalue weighted by Crippen LogP contribution is -2.42. The van der Waals surface area contributed by atoms with E-state index in [1.54, 1.807) is 20.8 Å². The molecule has 0 spiro atoms. The third-order valence-corrected chi connectivity index (χ3v) is 5.30. The zero-order valence-electron chi connectivity index (χ0n) is 11.4. The van der Waals surface area contributed by atoms with Crippen molar-refractivity contribution < 1.29 is 17.9 Å². The Morgan fingerprint density at radius 3 is 2.35 bits per heavy atom. The number of rotatable bonds is 4. The van der Waals surface area contributed by atoms with Crippen molar-refractivity contribution in [1.82, 2.24) is 4.72 Å². The summed E-state index contributed by atoms with van der Waals surface area (Å²) in [7, 11) is -3.93. The SMILES string of the molecule is C[C@@H](NS(=O)(=O)c1cc(Cl)sc1Cl)C(=O)OC(C)(C)C. The van der Waals surface area contributed by atoms with Crippen LogP contribution in [0.1, 0.15) is 27.7 Å². The van der Waals surface area contributed by atoms with E-state index in [4.69, 9.17) is 27.9 Å². The smallest absolute Gasteiger partial charge is 0.324 e. The quantitative estimate of drug-likeness (QED) is 0.838. The first-order chi connectivity index (χ1) is 8.92. The van der Waals surface area contributed by atoms with Gasteiger partial charge < -0.3 is 4.74 Å². The number of hydrogen-bond acceptors (Lipinski definition) is 5. The predicted molar refractivity (Wildman–Crippen MR) is 80.0 cm³/mol. The molecule has 1 aromatic heterocycles. The third-order valence-electron chi connectivity index (χ3n) is 2.01. The molecule has 0 aromatic carbocycles. The summed E-state index contributed by atoms with van der Waals surface area (Å²) >= 11 is 12.4. The van der Waals surface area contributed by atoms with Gasteiger partial charge in [0.15, 0.2) is 0 Å². The summed E-state index contributed by atoms with van der Waals surface area (Å²) in [6.45, 7) is 6.48. The standard InChI is InChI=1S/C11H15Cl2NO4S2/c1-6(10(15)18-11(2,3)4)14-20(16,17)7-5-8(12)19-9(7)13/h5-6,14H,1-4H3/t6-/m1/s1. The van der Waals surface area contributed by atoms with Crippen LogP contribution in [0.5, 0.6) is 0 Å². The molecule has 1 rings (SSSR count). The Hall–Kier alpha value is -0.340. The minimum absolute atomic E-state index is 0.0406. The van der Waals surface area contributed by atoms with Crippen molar-refractivity contribution >= 4 is 50.5 Å². The van der Waals surface area contributed by atoms with Crippen LogP contribution >= 0.6 is 34.5 Å². The molecule has 0 radical (unpaired) electrons. The Balaban J connectivity index is 2.87. The van der Waals surface area contributed by atoms with E-state index >= 15 is 0 Å². The first kappa shape index (κ1) is 17.7. The second-order valence-electron chi connectivity index (χ2n) is 5.06. The van der Waals surface area contributed by atoms with Gasteiger partial charge in [-0.15, -0.1) is 11.3 Å². The lowest BCUT2D eigenvalue weighted by molar-refractivity contribution is -0.156. The molecule has 1 aromatic rings. The molecule has 0 amide bonds. The van der Waals surface area contributed by atoms with Gasteiger partial charge in [0.2, 0.25) is 10.0 Å². The maximum atomic E-state index is 12.1. The van der Waals surface area contributed by atoms with E-state index in [9.17, 15) is 13.2 Å². The van der Waals surface area contributed by atoms with Crippen LogP contribution in [0.4, 0.5) is 0 Å². The second-order valence-corrected chi connectivity index (χ2v) is 9.03. The lowest BCUT2D eigenvalue weighted by Gasteiger charge is -2.22. The van der Waals surface area contributed by atoms with Gasteiger partial charge >= 0.3 is 5.97 Å². The Labute approximate surface area is 132 Å². The van der Waals surface area contributed by atoms with Crippen LogP contribution in [0.2, 0.25) is 8.67 Å². The average Bonchev–Trinajstić information content (AvgIpc) is 2.55. The van der Waals surface area contributed by atoms with E-state index < -0.39 is 27.6 Å². The van der Waals surface area contributed by atoms with Crippen LogP contribution in [0.3, 0.4) is 0 Å². The maximum absolute atomic E-state index is 12.1. The first-order valence-corrected chi connectivity index (χ1v) is 8.68. The van der Waals surface area contributed by atoms with Crippen molar-refractivity contribution in [3.8, 4) is 0 Å². The molecule has 0 aliphatic carbocycles. The fourth-order valence-corrected chi connectivity index (χ4v) is 4.58. The lowest BCUT2D eigenvalue weighted by atomic mass is 10.2. The number of hydrogen-bond donors (Lipinski definition) is 1. The highest BCUT2D eigenvalue weighted by atomic mass is 35.5. The summed E-state index contributed by atoms with van der Waals surface area (Å²) in [5.74, 6) is -0.668. The van der Waals surface area contributed by atoms with E-state index in [2.05, 4.69) is 4.72 Å². The van der Waals surface area contributed by atoms with Gasteiger partial charge in [-0.2, -0.15) is 4.72 Å². The fraction of sp³-hybridized carbons (Fsp3) is 0.545. The molecule has 5 nitrogen and oxygen atoms in total. The van der Waals surface area contributed by atoms with Gasteiger partial charge in [0.05, 0.1) is 4.34 Å². The van der Waals surface area contributed by atoms with Crippen molar-refractivity contribution in [2.45, 2.75) is 44.2 Å². The van der Waals surface area contributed by atoms with E-state index in [-0.39, 0.29) is 13.6 Å². The Morgan fingerprint density at radius 1 is 1.40 bits per heavy atom. The zero-order chi connectivity index (χ0) is 15.7. The van der Waals surface area contributed by atoms with Gasteiger partial charge in [-0.1, -0.05) is 23.2 Å². The average molecular weight is 360 g/mol. The summed E-state index contributed by atoms with van der Waals surface area (Å²) in [6, 6.07) is 0.201. The molecular weight excluding hydrogens is 345 g/mol. The van der Waals surface area contributed by atoms with Crippen LogP contribution in [-0.4, -0.2) is 26.0 Å². The number of sulfonamides is 1. The highest BCUT2D eigenvalue weighted by Crippen LogP contribution is 2.34. The largest absolute Gasteiger partial charge is 0.459 e. The highest BCUT2D eigenvalue weighted by molar-refractivity contribution is 7.89.